The van der Waals surface area contributed by atoms with E-state index in [0.29, 0.717) is 21.6 Å². The van der Waals surface area contributed by atoms with Crippen LogP contribution in [0.1, 0.15) is 25.8 Å². The number of carbonyl (C=O) groups excluding carboxylic acids is 2. The Morgan fingerprint density at radius 2 is 1.72 bits per heavy atom. The molecular weight excluding hydrogens is 451 g/mol. The predicted molar refractivity (Wildman–Crippen MR) is 122 cm³/mol. The number of rotatable bonds is 9. The Balaban J connectivity index is 2.16. The molecule has 8 heteroatoms. The number of hydrogen-bond acceptors (Lipinski definition) is 3. The van der Waals surface area contributed by atoms with Crippen molar-refractivity contribution in [2.75, 3.05) is 12.3 Å². The van der Waals surface area contributed by atoms with Crippen LogP contribution in [-0.2, 0) is 16.1 Å². The van der Waals surface area contributed by atoms with Crippen molar-refractivity contribution in [3.63, 3.8) is 0 Å². The van der Waals surface area contributed by atoms with Crippen LogP contribution in [0, 0.1) is 0 Å². The molecule has 0 aliphatic heterocycles. The quantitative estimate of drug-likeness (QED) is 0.476. The van der Waals surface area contributed by atoms with Crippen LogP contribution in [0.4, 0.5) is 0 Å². The second-order valence-corrected chi connectivity index (χ2v) is 8.80. The van der Waals surface area contributed by atoms with Gasteiger partial charge in [-0.3, -0.25) is 9.59 Å². The number of carbonyl (C=O) groups is 2. The van der Waals surface area contributed by atoms with E-state index >= 15 is 0 Å². The molecule has 1 N–H and O–H groups in total. The lowest BCUT2D eigenvalue weighted by atomic mass is 10.1. The van der Waals surface area contributed by atoms with E-state index in [2.05, 4.69) is 5.32 Å². The molecule has 2 rings (SSSR count). The molecule has 0 radical (unpaired) electrons. The summed E-state index contributed by atoms with van der Waals surface area (Å²) in [6.45, 7) is 4.48. The molecule has 0 saturated carbocycles. The standard InChI is InChI=1S/C21H23Cl3N2O2S/c1-3-10-25-21(28)14(2)26(12-15-4-5-17(23)11-19(15)24)20(27)13-29-18-8-6-16(22)7-9-18/h4-9,11,14H,3,10,12-13H2,1-2H3,(H,25,28)/t14-/m1/s1. The number of amides is 2. The summed E-state index contributed by atoms with van der Waals surface area (Å²) in [7, 11) is 0. The van der Waals surface area contributed by atoms with Crippen molar-refractivity contribution in [1.82, 2.24) is 10.2 Å². The van der Waals surface area contributed by atoms with Gasteiger partial charge in [-0.2, -0.15) is 0 Å². The zero-order valence-corrected chi connectivity index (χ0v) is 19.3. The first-order chi connectivity index (χ1) is 13.8. The number of nitrogens with zero attached hydrogens (tertiary/aromatic N) is 1. The predicted octanol–water partition coefficient (Wildman–Crippen LogP) is 5.68. The molecule has 4 nitrogen and oxygen atoms in total. The Kier molecular flexibility index (Phi) is 9.63. The van der Waals surface area contributed by atoms with E-state index in [1.165, 1.54) is 11.8 Å². The van der Waals surface area contributed by atoms with Crippen LogP contribution in [-0.4, -0.2) is 35.1 Å². The normalized spacial score (nSPS) is 11.8. The third kappa shape index (κ3) is 7.41. The number of benzene rings is 2. The monoisotopic (exact) mass is 472 g/mol. The van der Waals surface area contributed by atoms with Gasteiger partial charge in [0.1, 0.15) is 6.04 Å². The largest absolute Gasteiger partial charge is 0.354 e. The molecular formula is C21H23Cl3N2O2S. The van der Waals surface area contributed by atoms with Crippen LogP contribution in [0.15, 0.2) is 47.4 Å². The molecule has 1 atom stereocenters. The van der Waals surface area contributed by atoms with E-state index in [0.717, 1.165) is 16.9 Å². The van der Waals surface area contributed by atoms with Crippen LogP contribution in [0.2, 0.25) is 15.1 Å². The van der Waals surface area contributed by atoms with E-state index < -0.39 is 6.04 Å². The first kappa shape index (κ1) is 23.9. The maximum Gasteiger partial charge on any atom is 0.242 e. The van der Waals surface area contributed by atoms with Crippen molar-refractivity contribution < 1.29 is 9.59 Å². The molecule has 2 aromatic carbocycles. The first-order valence-corrected chi connectivity index (χ1v) is 11.3. The highest BCUT2D eigenvalue weighted by Crippen LogP contribution is 2.25. The van der Waals surface area contributed by atoms with Crippen LogP contribution < -0.4 is 5.32 Å². The second-order valence-electron chi connectivity index (χ2n) is 6.47. The minimum atomic E-state index is -0.633. The topological polar surface area (TPSA) is 49.4 Å². The number of thioether (sulfide) groups is 1. The highest BCUT2D eigenvalue weighted by Gasteiger charge is 2.26. The number of nitrogens with one attached hydrogen (secondary N) is 1. The van der Waals surface area contributed by atoms with Crippen molar-refractivity contribution in [3.05, 3.63) is 63.1 Å². The summed E-state index contributed by atoms with van der Waals surface area (Å²) < 4.78 is 0. The highest BCUT2D eigenvalue weighted by atomic mass is 35.5. The molecule has 29 heavy (non-hydrogen) atoms. The van der Waals surface area contributed by atoms with Gasteiger partial charge >= 0.3 is 0 Å². The molecule has 0 aliphatic carbocycles. The van der Waals surface area contributed by atoms with E-state index in [-0.39, 0.29) is 24.1 Å². The Labute approximate surface area is 190 Å². The molecule has 0 heterocycles. The molecule has 0 bridgehead atoms. The zero-order chi connectivity index (χ0) is 21.4. The van der Waals surface area contributed by atoms with Gasteiger partial charge < -0.3 is 10.2 Å². The molecule has 0 fully saturated rings. The van der Waals surface area contributed by atoms with E-state index in [4.69, 9.17) is 34.8 Å². The summed E-state index contributed by atoms with van der Waals surface area (Å²) in [5.74, 6) is -0.157. The number of halogens is 3. The van der Waals surface area contributed by atoms with Crippen LogP contribution in [0.5, 0.6) is 0 Å². The summed E-state index contributed by atoms with van der Waals surface area (Å²) in [6, 6.07) is 11.8. The van der Waals surface area contributed by atoms with Gasteiger partial charge in [-0.05, 0) is 55.3 Å². The average Bonchev–Trinajstić information content (AvgIpc) is 2.70. The van der Waals surface area contributed by atoms with Crippen molar-refractivity contribution in [3.8, 4) is 0 Å². The van der Waals surface area contributed by atoms with Gasteiger partial charge in [-0.1, -0.05) is 47.8 Å². The Bertz CT molecular complexity index is 846. The lowest BCUT2D eigenvalue weighted by Gasteiger charge is -2.29. The fraction of sp³-hybridized carbons (Fsp3) is 0.333. The summed E-state index contributed by atoms with van der Waals surface area (Å²) in [5, 5.41) is 4.47. The minimum Gasteiger partial charge on any atom is -0.354 e. The van der Waals surface area contributed by atoms with Gasteiger partial charge in [0.15, 0.2) is 0 Å². The van der Waals surface area contributed by atoms with Crippen molar-refractivity contribution >= 4 is 58.4 Å². The Morgan fingerprint density at radius 1 is 1.07 bits per heavy atom. The molecule has 156 valence electrons. The van der Waals surface area contributed by atoms with Crippen LogP contribution >= 0.6 is 46.6 Å². The van der Waals surface area contributed by atoms with Gasteiger partial charge in [-0.25, -0.2) is 0 Å². The van der Waals surface area contributed by atoms with Gasteiger partial charge in [0.05, 0.1) is 5.75 Å². The fourth-order valence-electron chi connectivity index (χ4n) is 2.57. The van der Waals surface area contributed by atoms with Gasteiger partial charge in [0.2, 0.25) is 11.8 Å². The SMILES string of the molecule is CCCNC(=O)[C@@H](C)N(Cc1ccc(Cl)cc1Cl)C(=O)CSc1ccc(Cl)cc1. The average molecular weight is 474 g/mol. The summed E-state index contributed by atoms with van der Waals surface area (Å²) in [5.41, 5.74) is 0.732. The fourth-order valence-corrected chi connectivity index (χ4v) is 3.95. The van der Waals surface area contributed by atoms with E-state index in [1.54, 1.807) is 42.2 Å². The maximum absolute atomic E-state index is 13.0. The molecule has 0 unspecified atom stereocenters. The lowest BCUT2D eigenvalue weighted by molar-refractivity contribution is -0.138. The van der Waals surface area contributed by atoms with Crippen LogP contribution in [0.3, 0.4) is 0 Å². The summed E-state index contributed by atoms with van der Waals surface area (Å²) in [4.78, 5) is 28.0. The zero-order valence-electron chi connectivity index (χ0n) is 16.3. The highest BCUT2D eigenvalue weighted by molar-refractivity contribution is 8.00. The molecule has 2 amide bonds. The number of hydrogen-bond donors (Lipinski definition) is 1. The smallest absolute Gasteiger partial charge is 0.242 e. The molecule has 0 aromatic heterocycles. The second kappa shape index (κ2) is 11.7. The van der Waals surface area contributed by atoms with E-state index in [9.17, 15) is 9.59 Å². The third-order valence-electron chi connectivity index (χ3n) is 4.25. The van der Waals surface area contributed by atoms with Gasteiger partial charge in [0, 0.05) is 33.1 Å². The summed E-state index contributed by atoms with van der Waals surface area (Å²) >= 11 is 19.6. The Morgan fingerprint density at radius 3 is 2.34 bits per heavy atom. The molecule has 0 spiro atoms. The van der Waals surface area contributed by atoms with Crippen molar-refractivity contribution in [2.24, 2.45) is 0 Å². The first-order valence-electron chi connectivity index (χ1n) is 9.21. The molecule has 0 saturated heterocycles. The Hall–Kier alpha value is -1.40. The third-order valence-corrected chi connectivity index (χ3v) is 6.08. The van der Waals surface area contributed by atoms with Crippen molar-refractivity contribution in [1.29, 1.82) is 0 Å². The molecule has 2 aromatic rings. The van der Waals surface area contributed by atoms with Crippen LogP contribution in [0.25, 0.3) is 0 Å². The van der Waals surface area contributed by atoms with Gasteiger partial charge in [0.25, 0.3) is 0 Å². The molecule has 0 aliphatic rings. The van der Waals surface area contributed by atoms with E-state index in [1.807, 2.05) is 19.1 Å². The van der Waals surface area contributed by atoms with Crippen molar-refractivity contribution in [2.45, 2.75) is 37.8 Å². The maximum atomic E-state index is 13.0. The lowest BCUT2D eigenvalue weighted by Crippen LogP contribution is -2.48. The summed E-state index contributed by atoms with van der Waals surface area (Å²) in [6.07, 6.45) is 0.821. The van der Waals surface area contributed by atoms with Gasteiger partial charge in [-0.15, -0.1) is 11.8 Å². The minimum absolute atomic E-state index is 0.157.